The van der Waals surface area contributed by atoms with E-state index in [-0.39, 0.29) is 12.4 Å². The van der Waals surface area contributed by atoms with Crippen molar-refractivity contribution in [1.82, 2.24) is 20.9 Å². The third kappa shape index (κ3) is 5.21. The Hall–Kier alpha value is -1.58. The van der Waals surface area contributed by atoms with E-state index in [0.29, 0.717) is 12.8 Å². The van der Waals surface area contributed by atoms with Crippen molar-refractivity contribution in [1.29, 1.82) is 0 Å². The van der Waals surface area contributed by atoms with Gasteiger partial charge in [-0.05, 0) is 32.6 Å². The molecular weight excluding hydrogens is 334 g/mol. The van der Waals surface area contributed by atoms with E-state index in [1.54, 1.807) is 7.11 Å². The smallest absolute Gasteiger partial charge is 0.163 e. The third-order valence-electron chi connectivity index (χ3n) is 4.74. The molecule has 0 bridgehead atoms. The van der Waals surface area contributed by atoms with Crippen LogP contribution in [-0.2, 0) is 4.74 Å². The Morgan fingerprint density at radius 2 is 2.23 bits per heavy atom. The first-order valence-electron chi connectivity index (χ1n) is 9.22. The summed E-state index contributed by atoms with van der Waals surface area (Å²) < 4.78 is 17.2. The molecule has 4 N–H and O–H groups in total. The quantitative estimate of drug-likeness (QED) is 0.547. The lowest BCUT2D eigenvalue weighted by molar-refractivity contribution is -0.0406. The zero-order valence-electron chi connectivity index (χ0n) is 15.9. The summed E-state index contributed by atoms with van der Waals surface area (Å²) in [6, 6.07) is 5.88. The summed E-state index contributed by atoms with van der Waals surface area (Å²) >= 11 is 0. The van der Waals surface area contributed by atoms with E-state index < -0.39 is 0 Å². The second kappa shape index (κ2) is 9.38. The predicted octanol–water partition coefficient (Wildman–Crippen LogP) is 0.229. The first-order chi connectivity index (χ1) is 12.7. The monoisotopic (exact) mass is 365 g/mol. The molecule has 3 rings (SSSR count). The summed E-state index contributed by atoms with van der Waals surface area (Å²) in [7, 11) is 5.72. The lowest BCUT2D eigenvalue weighted by Gasteiger charge is -2.33. The Morgan fingerprint density at radius 1 is 1.35 bits per heavy atom. The van der Waals surface area contributed by atoms with E-state index in [1.807, 2.05) is 25.2 Å². The molecule has 0 amide bonds. The van der Waals surface area contributed by atoms with Crippen LogP contribution in [0, 0.1) is 0 Å². The number of likely N-dealkylation sites (N-methyl/N-ethyl adjacent to an activating group) is 1. The third-order valence-corrected chi connectivity index (χ3v) is 4.74. The second-order valence-corrected chi connectivity index (χ2v) is 6.76. The van der Waals surface area contributed by atoms with Gasteiger partial charge in [-0.15, -0.1) is 0 Å². The molecule has 1 aromatic rings. The van der Waals surface area contributed by atoms with E-state index in [4.69, 9.17) is 14.2 Å². The van der Waals surface area contributed by atoms with Crippen LogP contribution in [0.15, 0.2) is 18.2 Å². The summed E-state index contributed by atoms with van der Waals surface area (Å²) in [6.45, 7) is 4.04. The topological polar surface area (TPSA) is 79.0 Å². The number of hydrogen-bond donors (Lipinski definition) is 4. The van der Waals surface area contributed by atoms with Gasteiger partial charge < -0.3 is 29.7 Å². The first-order valence-corrected chi connectivity index (χ1v) is 9.22. The van der Waals surface area contributed by atoms with Crippen LogP contribution in [0.5, 0.6) is 11.5 Å². The highest BCUT2D eigenvalue weighted by Crippen LogP contribution is 2.30. The van der Waals surface area contributed by atoms with Crippen molar-refractivity contribution < 1.29 is 14.2 Å². The largest absolute Gasteiger partial charge is 0.493 e. The molecule has 26 heavy (non-hydrogen) atoms. The van der Waals surface area contributed by atoms with Crippen LogP contribution in [0.25, 0.3) is 0 Å². The van der Waals surface area contributed by atoms with Crippen molar-refractivity contribution in [3.63, 3.8) is 0 Å². The molecule has 2 fully saturated rings. The van der Waals surface area contributed by atoms with Crippen molar-refractivity contribution in [2.24, 2.45) is 0 Å². The van der Waals surface area contributed by atoms with Gasteiger partial charge in [0.05, 0.1) is 19.9 Å². The van der Waals surface area contributed by atoms with E-state index in [9.17, 15) is 0 Å². The standard InChI is InChI=1S/C18H31N5O3/c1-19-17-6-7-20-18(22-17)21-13-4-5-15(24-3)16(10-13)26-12-14-11-23(2)8-9-25-14/h4-5,10,14,17-22H,6-9,11-12H2,1-3H3/t14-,17?,18?/m1/s1. The zero-order valence-corrected chi connectivity index (χ0v) is 15.9. The summed E-state index contributed by atoms with van der Waals surface area (Å²) in [6.07, 6.45) is 1.41. The fourth-order valence-corrected chi connectivity index (χ4v) is 3.23. The Balaban J connectivity index is 1.60. The molecule has 2 unspecified atom stereocenters. The molecule has 0 radical (unpaired) electrons. The molecule has 146 valence electrons. The molecule has 3 atom stereocenters. The van der Waals surface area contributed by atoms with Gasteiger partial charge in [0, 0.05) is 31.4 Å². The summed E-state index contributed by atoms with van der Waals surface area (Å²) in [5.41, 5.74) is 0.962. The first kappa shape index (κ1) is 19.2. The highest BCUT2D eigenvalue weighted by atomic mass is 16.5. The van der Waals surface area contributed by atoms with Crippen molar-refractivity contribution in [2.75, 3.05) is 59.4 Å². The average molecular weight is 365 g/mol. The van der Waals surface area contributed by atoms with E-state index in [0.717, 1.165) is 49.8 Å². The molecule has 2 aliphatic heterocycles. The van der Waals surface area contributed by atoms with Gasteiger partial charge in [-0.3, -0.25) is 10.6 Å². The number of methoxy groups -OCH3 is 1. The minimum Gasteiger partial charge on any atom is -0.493 e. The van der Waals surface area contributed by atoms with E-state index >= 15 is 0 Å². The van der Waals surface area contributed by atoms with Crippen molar-refractivity contribution in [3.05, 3.63) is 18.2 Å². The Labute approximate surface area is 155 Å². The number of nitrogens with one attached hydrogen (secondary N) is 4. The number of benzene rings is 1. The summed E-state index contributed by atoms with van der Waals surface area (Å²) in [4.78, 5) is 2.26. The van der Waals surface area contributed by atoms with Gasteiger partial charge in [0.1, 0.15) is 19.0 Å². The number of nitrogens with zero attached hydrogens (tertiary/aromatic N) is 1. The minimum absolute atomic E-state index is 0.00206. The van der Waals surface area contributed by atoms with Crippen LogP contribution in [0.2, 0.25) is 0 Å². The van der Waals surface area contributed by atoms with Gasteiger partial charge in [-0.1, -0.05) is 0 Å². The number of ether oxygens (including phenoxy) is 3. The highest BCUT2D eigenvalue weighted by Gasteiger charge is 2.21. The maximum absolute atomic E-state index is 6.02. The van der Waals surface area contributed by atoms with Gasteiger partial charge in [0.25, 0.3) is 0 Å². The number of anilines is 1. The lowest BCUT2D eigenvalue weighted by Crippen LogP contribution is -2.61. The Morgan fingerprint density at radius 3 is 3.00 bits per heavy atom. The van der Waals surface area contributed by atoms with Crippen molar-refractivity contribution in [2.45, 2.75) is 25.0 Å². The average Bonchev–Trinajstić information content (AvgIpc) is 2.67. The fourth-order valence-electron chi connectivity index (χ4n) is 3.23. The molecule has 0 aliphatic carbocycles. The predicted molar refractivity (Wildman–Crippen MR) is 102 cm³/mol. The lowest BCUT2D eigenvalue weighted by atomic mass is 10.2. The number of morpholine rings is 1. The van der Waals surface area contributed by atoms with E-state index in [1.165, 1.54) is 0 Å². The summed E-state index contributed by atoms with van der Waals surface area (Å²) in [5.74, 6) is 1.44. The molecular formula is C18H31N5O3. The molecule has 8 nitrogen and oxygen atoms in total. The van der Waals surface area contributed by atoms with Crippen LogP contribution in [0.3, 0.4) is 0 Å². The maximum atomic E-state index is 6.02. The molecule has 2 aliphatic rings. The molecule has 0 saturated carbocycles. The second-order valence-electron chi connectivity index (χ2n) is 6.76. The van der Waals surface area contributed by atoms with Crippen molar-refractivity contribution in [3.8, 4) is 11.5 Å². The molecule has 0 aromatic heterocycles. The van der Waals surface area contributed by atoms with Crippen molar-refractivity contribution >= 4 is 5.69 Å². The normalized spacial score (nSPS) is 27.1. The van der Waals surface area contributed by atoms with Gasteiger partial charge in [-0.2, -0.15) is 0 Å². The molecule has 2 heterocycles. The zero-order chi connectivity index (χ0) is 18.4. The highest BCUT2D eigenvalue weighted by molar-refractivity contribution is 5.55. The Bertz CT molecular complexity index is 574. The van der Waals surface area contributed by atoms with E-state index in [2.05, 4.69) is 33.2 Å². The molecule has 1 aromatic carbocycles. The van der Waals surface area contributed by atoms with Gasteiger partial charge >= 0.3 is 0 Å². The van der Waals surface area contributed by atoms with Gasteiger partial charge in [0.2, 0.25) is 0 Å². The van der Waals surface area contributed by atoms with Crippen LogP contribution in [0.4, 0.5) is 5.69 Å². The summed E-state index contributed by atoms with van der Waals surface area (Å²) in [5, 5.41) is 13.6. The number of rotatable bonds is 7. The molecule has 8 heteroatoms. The van der Waals surface area contributed by atoms with Gasteiger partial charge in [0.15, 0.2) is 11.5 Å². The minimum atomic E-state index is -0.00206. The van der Waals surface area contributed by atoms with Crippen LogP contribution in [-0.4, -0.2) is 77.5 Å². The van der Waals surface area contributed by atoms with Crippen LogP contribution in [0.1, 0.15) is 6.42 Å². The SMILES string of the molecule is CNC1CCNC(Nc2ccc(OC)c(OC[C@H]3CN(C)CCO3)c2)N1. The van der Waals surface area contributed by atoms with Crippen LogP contribution >= 0.6 is 0 Å². The molecule has 0 spiro atoms. The fraction of sp³-hybridized carbons (Fsp3) is 0.667. The van der Waals surface area contributed by atoms with Gasteiger partial charge in [-0.25, -0.2) is 0 Å². The molecule has 2 saturated heterocycles. The number of hydrogen-bond acceptors (Lipinski definition) is 8. The van der Waals surface area contributed by atoms with Crippen LogP contribution < -0.4 is 30.7 Å². The Kier molecular flexibility index (Phi) is 6.93. The maximum Gasteiger partial charge on any atom is 0.163 e.